The maximum absolute atomic E-state index is 13.3. The molecule has 6 heteroatoms. The molecule has 0 bridgehead atoms. The van der Waals surface area contributed by atoms with E-state index >= 15 is 0 Å². The van der Waals surface area contributed by atoms with Crippen molar-refractivity contribution >= 4 is 21.8 Å². The van der Waals surface area contributed by atoms with Crippen LogP contribution in [-0.2, 0) is 9.63 Å². The molecule has 0 heterocycles. The highest BCUT2D eigenvalue weighted by molar-refractivity contribution is 9.10. The molecule has 1 aromatic rings. The molecule has 0 fully saturated rings. The van der Waals surface area contributed by atoms with Gasteiger partial charge in [0.15, 0.2) is 17.7 Å². The Morgan fingerprint density at radius 1 is 1.56 bits per heavy atom. The third-order valence-electron chi connectivity index (χ3n) is 1.77. The largest absolute Gasteiger partial charge is 0.478 e. The fourth-order valence-electron chi connectivity index (χ4n) is 0.998. The Labute approximate surface area is 101 Å². The Morgan fingerprint density at radius 3 is 2.81 bits per heavy atom. The number of carbonyl (C=O) groups excluding carboxylic acids is 1. The molecule has 0 aliphatic rings. The zero-order valence-corrected chi connectivity index (χ0v) is 10.4. The van der Waals surface area contributed by atoms with E-state index in [2.05, 4.69) is 26.2 Å². The van der Waals surface area contributed by atoms with Crippen LogP contribution in [0.25, 0.3) is 0 Å². The average molecular weight is 292 g/mol. The summed E-state index contributed by atoms with van der Waals surface area (Å²) in [6.45, 7) is 1.50. The van der Waals surface area contributed by atoms with E-state index < -0.39 is 17.8 Å². The first kappa shape index (κ1) is 12.9. The molecule has 0 spiro atoms. The predicted molar refractivity (Wildman–Crippen MR) is 59.3 cm³/mol. The van der Waals surface area contributed by atoms with Gasteiger partial charge in [0.05, 0.1) is 7.11 Å². The first-order chi connectivity index (χ1) is 7.54. The molecule has 1 rings (SSSR count). The minimum atomic E-state index is -0.837. The van der Waals surface area contributed by atoms with Gasteiger partial charge in [-0.15, -0.1) is 0 Å². The SMILES string of the molecule is CONC(=O)C(C)Oc1ccc(Br)cc1F. The number of ether oxygens (including phenoxy) is 1. The Morgan fingerprint density at radius 2 is 2.25 bits per heavy atom. The molecule has 1 N–H and O–H groups in total. The number of nitrogens with one attached hydrogen (secondary N) is 1. The van der Waals surface area contributed by atoms with Crippen LogP contribution in [0.5, 0.6) is 5.75 Å². The van der Waals surface area contributed by atoms with Crippen LogP contribution in [0.4, 0.5) is 4.39 Å². The molecule has 16 heavy (non-hydrogen) atoms. The maximum Gasteiger partial charge on any atom is 0.284 e. The predicted octanol–water partition coefficient (Wildman–Crippen LogP) is 2.03. The van der Waals surface area contributed by atoms with Gasteiger partial charge in [-0.3, -0.25) is 9.63 Å². The molecule has 1 atom stereocenters. The average Bonchev–Trinajstić information content (AvgIpc) is 2.22. The summed E-state index contributed by atoms with van der Waals surface area (Å²) in [5.74, 6) is -1.00. The normalized spacial score (nSPS) is 12.0. The summed E-state index contributed by atoms with van der Waals surface area (Å²) >= 11 is 3.12. The number of benzene rings is 1. The minimum Gasteiger partial charge on any atom is -0.478 e. The molecular weight excluding hydrogens is 281 g/mol. The first-order valence-electron chi connectivity index (χ1n) is 4.49. The molecule has 0 aliphatic carbocycles. The number of amides is 1. The van der Waals surface area contributed by atoms with Crippen LogP contribution < -0.4 is 10.2 Å². The van der Waals surface area contributed by atoms with Crippen molar-refractivity contribution in [3.63, 3.8) is 0 Å². The minimum absolute atomic E-state index is 0.0157. The van der Waals surface area contributed by atoms with Crippen molar-refractivity contribution in [2.75, 3.05) is 7.11 Å². The van der Waals surface area contributed by atoms with Crippen molar-refractivity contribution in [3.8, 4) is 5.75 Å². The second kappa shape index (κ2) is 5.81. The Bertz CT molecular complexity index is 386. The van der Waals surface area contributed by atoms with Crippen LogP contribution in [0.3, 0.4) is 0 Å². The van der Waals surface area contributed by atoms with Crippen LogP contribution >= 0.6 is 15.9 Å². The van der Waals surface area contributed by atoms with Crippen LogP contribution in [0.15, 0.2) is 22.7 Å². The van der Waals surface area contributed by atoms with Crippen LogP contribution in [0.1, 0.15) is 6.92 Å². The standard InChI is InChI=1S/C10H11BrFNO3/c1-6(10(14)13-15-2)16-9-4-3-7(11)5-8(9)12/h3-6H,1-2H3,(H,13,14). The maximum atomic E-state index is 13.3. The molecule has 1 amide bonds. The number of hydrogen-bond donors (Lipinski definition) is 1. The Hall–Kier alpha value is -1.14. The summed E-state index contributed by atoms with van der Waals surface area (Å²) in [4.78, 5) is 15.7. The van der Waals surface area contributed by atoms with E-state index in [0.29, 0.717) is 4.47 Å². The number of halogens is 2. The summed E-state index contributed by atoms with van der Waals surface area (Å²) < 4.78 is 19.1. The highest BCUT2D eigenvalue weighted by Crippen LogP contribution is 2.22. The van der Waals surface area contributed by atoms with E-state index in [1.165, 1.54) is 26.2 Å². The molecule has 4 nitrogen and oxygen atoms in total. The van der Waals surface area contributed by atoms with Gasteiger partial charge in [-0.05, 0) is 25.1 Å². The zero-order valence-electron chi connectivity index (χ0n) is 8.79. The summed E-state index contributed by atoms with van der Waals surface area (Å²) in [5.41, 5.74) is 2.10. The second-order valence-corrected chi connectivity index (χ2v) is 3.92. The van der Waals surface area contributed by atoms with Gasteiger partial charge in [0, 0.05) is 4.47 Å². The topological polar surface area (TPSA) is 47.6 Å². The lowest BCUT2D eigenvalue weighted by molar-refractivity contribution is -0.137. The van der Waals surface area contributed by atoms with Gasteiger partial charge in [-0.2, -0.15) is 0 Å². The lowest BCUT2D eigenvalue weighted by Gasteiger charge is -2.14. The van der Waals surface area contributed by atoms with Gasteiger partial charge in [-0.25, -0.2) is 9.87 Å². The van der Waals surface area contributed by atoms with Crippen LogP contribution in [0.2, 0.25) is 0 Å². The van der Waals surface area contributed by atoms with Gasteiger partial charge in [-0.1, -0.05) is 15.9 Å². The third-order valence-corrected chi connectivity index (χ3v) is 2.26. The fraction of sp³-hybridized carbons (Fsp3) is 0.300. The van der Waals surface area contributed by atoms with Crippen molar-refractivity contribution < 1.29 is 18.8 Å². The van der Waals surface area contributed by atoms with Crippen molar-refractivity contribution in [1.82, 2.24) is 5.48 Å². The van der Waals surface area contributed by atoms with Gasteiger partial charge >= 0.3 is 0 Å². The molecule has 1 aromatic carbocycles. The van der Waals surface area contributed by atoms with Gasteiger partial charge in [0.2, 0.25) is 0 Å². The molecule has 0 aromatic heterocycles. The fourth-order valence-corrected chi connectivity index (χ4v) is 1.33. The molecule has 88 valence electrons. The van der Waals surface area contributed by atoms with Crippen molar-refractivity contribution in [3.05, 3.63) is 28.5 Å². The number of rotatable bonds is 4. The smallest absolute Gasteiger partial charge is 0.284 e. The van der Waals surface area contributed by atoms with E-state index in [1.54, 1.807) is 6.07 Å². The van der Waals surface area contributed by atoms with Gasteiger partial charge in [0.1, 0.15) is 0 Å². The van der Waals surface area contributed by atoms with E-state index in [-0.39, 0.29) is 5.75 Å². The van der Waals surface area contributed by atoms with Crippen molar-refractivity contribution in [2.24, 2.45) is 0 Å². The van der Waals surface area contributed by atoms with Gasteiger partial charge < -0.3 is 4.74 Å². The molecular formula is C10H11BrFNO3. The summed E-state index contributed by atoms with van der Waals surface area (Å²) in [7, 11) is 1.31. The van der Waals surface area contributed by atoms with Crippen molar-refractivity contribution in [2.45, 2.75) is 13.0 Å². The molecule has 0 radical (unpaired) electrons. The molecule has 0 aliphatic heterocycles. The third kappa shape index (κ3) is 3.46. The highest BCUT2D eigenvalue weighted by Gasteiger charge is 2.16. The Kier molecular flexibility index (Phi) is 4.70. The molecule has 1 unspecified atom stereocenters. The number of carbonyl (C=O) groups is 1. The number of hydrogen-bond acceptors (Lipinski definition) is 3. The van der Waals surface area contributed by atoms with E-state index in [0.717, 1.165) is 0 Å². The summed E-state index contributed by atoms with van der Waals surface area (Å²) in [5, 5.41) is 0. The molecule has 0 saturated carbocycles. The highest BCUT2D eigenvalue weighted by atomic mass is 79.9. The molecule has 0 saturated heterocycles. The lowest BCUT2D eigenvalue weighted by Crippen LogP contribution is -2.35. The van der Waals surface area contributed by atoms with Crippen molar-refractivity contribution in [1.29, 1.82) is 0 Å². The van der Waals surface area contributed by atoms with Gasteiger partial charge in [0.25, 0.3) is 5.91 Å². The summed E-state index contributed by atoms with van der Waals surface area (Å²) in [6.07, 6.45) is -0.837. The number of hydroxylamine groups is 1. The van der Waals surface area contributed by atoms with Crippen LogP contribution in [0, 0.1) is 5.82 Å². The lowest BCUT2D eigenvalue weighted by atomic mass is 10.3. The quantitative estimate of drug-likeness (QED) is 0.864. The first-order valence-corrected chi connectivity index (χ1v) is 5.28. The zero-order chi connectivity index (χ0) is 12.1. The second-order valence-electron chi connectivity index (χ2n) is 3.01. The van der Waals surface area contributed by atoms with Crippen LogP contribution in [-0.4, -0.2) is 19.1 Å². The summed E-state index contributed by atoms with van der Waals surface area (Å²) in [6, 6.07) is 4.33. The van der Waals surface area contributed by atoms with E-state index in [4.69, 9.17) is 4.74 Å². The Balaban J connectivity index is 2.69. The van der Waals surface area contributed by atoms with E-state index in [9.17, 15) is 9.18 Å². The monoisotopic (exact) mass is 291 g/mol. The van der Waals surface area contributed by atoms with E-state index in [1.807, 2.05) is 0 Å².